The van der Waals surface area contributed by atoms with E-state index in [4.69, 9.17) is 0 Å². The molecular formula is C14H22N2O3. The van der Waals surface area contributed by atoms with E-state index in [0.717, 1.165) is 12.8 Å². The molecule has 0 aromatic heterocycles. The third kappa shape index (κ3) is 4.04. The number of carbonyl (C=O) groups is 3. The Morgan fingerprint density at radius 3 is 2.37 bits per heavy atom. The molecule has 2 fully saturated rings. The van der Waals surface area contributed by atoms with Gasteiger partial charge in [-0.1, -0.05) is 19.3 Å². The summed E-state index contributed by atoms with van der Waals surface area (Å²) in [6.45, 7) is 0.385. The van der Waals surface area contributed by atoms with Crippen molar-refractivity contribution in [3.63, 3.8) is 0 Å². The minimum Gasteiger partial charge on any atom is -0.353 e. The van der Waals surface area contributed by atoms with Crippen LogP contribution in [0, 0.1) is 0 Å². The summed E-state index contributed by atoms with van der Waals surface area (Å²) in [5.41, 5.74) is 0. The van der Waals surface area contributed by atoms with Gasteiger partial charge in [0.2, 0.25) is 17.7 Å². The van der Waals surface area contributed by atoms with Gasteiger partial charge < -0.3 is 5.32 Å². The van der Waals surface area contributed by atoms with Crippen LogP contribution in [0.25, 0.3) is 0 Å². The van der Waals surface area contributed by atoms with Crippen molar-refractivity contribution in [2.75, 3.05) is 6.54 Å². The molecule has 0 bridgehead atoms. The maximum atomic E-state index is 11.7. The van der Waals surface area contributed by atoms with E-state index in [1.165, 1.54) is 24.2 Å². The molecule has 0 aromatic rings. The van der Waals surface area contributed by atoms with E-state index in [0.29, 0.717) is 38.3 Å². The Kier molecular flexibility index (Phi) is 4.93. The third-order valence-corrected chi connectivity index (χ3v) is 3.91. The lowest BCUT2D eigenvalue weighted by Crippen LogP contribution is -2.37. The monoisotopic (exact) mass is 266 g/mol. The Morgan fingerprint density at radius 1 is 1.11 bits per heavy atom. The molecular weight excluding hydrogens is 244 g/mol. The molecule has 0 spiro atoms. The molecule has 3 amide bonds. The number of likely N-dealkylation sites (tertiary alicyclic amines) is 1. The molecule has 2 rings (SSSR count). The standard InChI is InChI=1S/C14H22N2O3/c17-12(15-11-5-2-1-3-6-11)7-4-10-16-13(18)8-9-14(16)19/h11H,1-10H2,(H,15,17). The second-order valence-electron chi connectivity index (χ2n) is 5.45. The summed E-state index contributed by atoms with van der Waals surface area (Å²) in [4.78, 5) is 35.8. The molecule has 1 saturated heterocycles. The van der Waals surface area contributed by atoms with Crippen LogP contribution in [0.1, 0.15) is 57.8 Å². The fraction of sp³-hybridized carbons (Fsp3) is 0.786. The van der Waals surface area contributed by atoms with E-state index in [9.17, 15) is 14.4 Å². The summed E-state index contributed by atoms with van der Waals surface area (Å²) in [6.07, 6.45) is 7.43. The molecule has 106 valence electrons. The molecule has 1 heterocycles. The number of amides is 3. The van der Waals surface area contributed by atoms with Crippen LogP contribution < -0.4 is 5.32 Å². The lowest BCUT2D eigenvalue weighted by atomic mass is 9.95. The molecule has 5 nitrogen and oxygen atoms in total. The molecule has 0 radical (unpaired) electrons. The van der Waals surface area contributed by atoms with Crippen molar-refractivity contribution in [2.45, 2.75) is 63.8 Å². The first kappa shape index (κ1) is 14.0. The molecule has 1 N–H and O–H groups in total. The predicted molar refractivity (Wildman–Crippen MR) is 70.2 cm³/mol. The first-order valence-corrected chi connectivity index (χ1v) is 7.29. The van der Waals surface area contributed by atoms with Crippen LogP contribution >= 0.6 is 0 Å². The topological polar surface area (TPSA) is 66.5 Å². The predicted octanol–water partition coefficient (Wildman–Crippen LogP) is 1.36. The number of nitrogens with one attached hydrogen (secondary N) is 1. The zero-order chi connectivity index (χ0) is 13.7. The van der Waals surface area contributed by atoms with E-state index in [2.05, 4.69) is 5.32 Å². The second kappa shape index (κ2) is 6.68. The highest BCUT2D eigenvalue weighted by molar-refractivity contribution is 6.01. The number of carbonyl (C=O) groups excluding carboxylic acids is 3. The van der Waals surface area contributed by atoms with Crippen molar-refractivity contribution in [3.8, 4) is 0 Å². The van der Waals surface area contributed by atoms with Gasteiger partial charge in [-0.3, -0.25) is 19.3 Å². The van der Waals surface area contributed by atoms with Crippen molar-refractivity contribution < 1.29 is 14.4 Å². The highest BCUT2D eigenvalue weighted by Crippen LogP contribution is 2.17. The van der Waals surface area contributed by atoms with Gasteiger partial charge in [0.05, 0.1) is 0 Å². The first-order chi connectivity index (χ1) is 9.16. The van der Waals surface area contributed by atoms with E-state index >= 15 is 0 Å². The molecule has 2 aliphatic rings. The van der Waals surface area contributed by atoms with Gasteiger partial charge in [-0.15, -0.1) is 0 Å². The summed E-state index contributed by atoms with van der Waals surface area (Å²) >= 11 is 0. The van der Waals surface area contributed by atoms with Gasteiger partial charge in [-0.25, -0.2) is 0 Å². The molecule has 1 aliphatic heterocycles. The van der Waals surface area contributed by atoms with Crippen molar-refractivity contribution in [2.24, 2.45) is 0 Å². The highest BCUT2D eigenvalue weighted by Gasteiger charge is 2.28. The van der Waals surface area contributed by atoms with E-state index in [1.807, 2.05) is 0 Å². The first-order valence-electron chi connectivity index (χ1n) is 7.29. The number of imide groups is 1. The summed E-state index contributed by atoms with van der Waals surface area (Å²) in [5.74, 6) is -0.152. The summed E-state index contributed by atoms with van der Waals surface area (Å²) < 4.78 is 0. The van der Waals surface area contributed by atoms with Gasteiger partial charge in [-0.05, 0) is 19.3 Å². The molecule has 0 aromatic carbocycles. The molecule has 1 saturated carbocycles. The van der Waals surface area contributed by atoms with Crippen molar-refractivity contribution in [3.05, 3.63) is 0 Å². The Balaban J connectivity index is 1.63. The summed E-state index contributed by atoms with van der Waals surface area (Å²) in [6, 6.07) is 0.330. The van der Waals surface area contributed by atoms with Gasteiger partial charge in [0.1, 0.15) is 0 Å². The smallest absolute Gasteiger partial charge is 0.229 e. The lowest BCUT2D eigenvalue weighted by Gasteiger charge is -2.23. The maximum Gasteiger partial charge on any atom is 0.229 e. The van der Waals surface area contributed by atoms with Crippen LogP contribution in [0.4, 0.5) is 0 Å². The number of nitrogens with zero attached hydrogens (tertiary/aromatic N) is 1. The van der Waals surface area contributed by atoms with E-state index in [-0.39, 0.29) is 17.7 Å². The summed E-state index contributed by atoms with van der Waals surface area (Å²) in [7, 11) is 0. The minimum absolute atomic E-state index is 0.0472. The van der Waals surface area contributed by atoms with Crippen LogP contribution in [-0.2, 0) is 14.4 Å². The third-order valence-electron chi connectivity index (χ3n) is 3.91. The molecule has 1 aliphatic carbocycles. The van der Waals surface area contributed by atoms with Gasteiger partial charge in [0, 0.05) is 31.8 Å². The Hall–Kier alpha value is -1.39. The van der Waals surface area contributed by atoms with Crippen LogP contribution in [0.5, 0.6) is 0 Å². The minimum atomic E-state index is -0.0994. The Morgan fingerprint density at radius 2 is 1.74 bits per heavy atom. The number of rotatable bonds is 5. The highest BCUT2D eigenvalue weighted by atomic mass is 16.2. The van der Waals surface area contributed by atoms with Gasteiger partial charge >= 0.3 is 0 Å². The van der Waals surface area contributed by atoms with Crippen molar-refractivity contribution in [1.29, 1.82) is 0 Å². The van der Waals surface area contributed by atoms with Gasteiger partial charge in [0.15, 0.2) is 0 Å². The average molecular weight is 266 g/mol. The van der Waals surface area contributed by atoms with Crippen LogP contribution in [0.15, 0.2) is 0 Å². The normalized spacial score (nSPS) is 20.9. The fourth-order valence-corrected chi connectivity index (χ4v) is 2.82. The fourth-order valence-electron chi connectivity index (χ4n) is 2.82. The van der Waals surface area contributed by atoms with Gasteiger partial charge in [0.25, 0.3) is 0 Å². The van der Waals surface area contributed by atoms with Crippen LogP contribution in [-0.4, -0.2) is 35.2 Å². The van der Waals surface area contributed by atoms with Crippen LogP contribution in [0.2, 0.25) is 0 Å². The SMILES string of the molecule is O=C(CCCN1C(=O)CCC1=O)NC1CCCCC1. The maximum absolute atomic E-state index is 11.7. The Labute approximate surface area is 113 Å². The quantitative estimate of drug-likeness (QED) is 0.764. The summed E-state index contributed by atoms with van der Waals surface area (Å²) in [5, 5.41) is 3.04. The molecule has 0 unspecified atom stereocenters. The Bertz CT molecular complexity index is 346. The van der Waals surface area contributed by atoms with Crippen molar-refractivity contribution >= 4 is 17.7 Å². The average Bonchev–Trinajstić information content (AvgIpc) is 2.71. The second-order valence-corrected chi connectivity index (χ2v) is 5.45. The zero-order valence-electron chi connectivity index (χ0n) is 11.3. The molecule has 19 heavy (non-hydrogen) atoms. The van der Waals surface area contributed by atoms with Crippen molar-refractivity contribution in [1.82, 2.24) is 10.2 Å². The number of hydrogen-bond donors (Lipinski definition) is 1. The van der Waals surface area contributed by atoms with E-state index in [1.54, 1.807) is 0 Å². The van der Waals surface area contributed by atoms with Gasteiger partial charge in [-0.2, -0.15) is 0 Å². The molecule has 0 atom stereocenters. The molecule has 5 heteroatoms. The zero-order valence-corrected chi connectivity index (χ0v) is 11.3. The van der Waals surface area contributed by atoms with Crippen LogP contribution in [0.3, 0.4) is 0 Å². The van der Waals surface area contributed by atoms with E-state index < -0.39 is 0 Å². The largest absolute Gasteiger partial charge is 0.353 e. The lowest BCUT2D eigenvalue weighted by molar-refractivity contribution is -0.138. The number of hydrogen-bond acceptors (Lipinski definition) is 3.